The molecule has 1 aromatic heterocycles. The number of methoxy groups -OCH3 is 1. The summed E-state index contributed by atoms with van der Waals surface area (Å²) in [6.07, 6.45) is 0.938. The molecule has 3 aromatic rings. The number of ether oxygens (including phenoxy) is 1. The zero-order valence-electron chi connectivity index (χ0n) is 15.1. The van der Waals surface area contributed by atoms with Crippen molar-refractivity contribution in [2.24, 2.45) is 0 Å². The van der Waals surface area contributed by atoms with Gasteiger partial charge in [0.05, 0.1) is 7.11 Å². The summed E-state index contributed by atoms with van der Waals surface area (Å²) in [7, 11) is 1.67. The molecular weight excluding hydrogens is 345 g/mol. The Bertz CT molecular complexity index is 784. The van der Waals surface area contributed by atoms with E-state index in [1.165, 1.54) is 22.6 Å². The van der Waals surface area contributed by atoms with Crippen molar-refractivity contribution >= 4 is 11.3 Å². The van der Waals surface area contributed by atoms with Crippen LogP contribution in [0.15, 0.2) is 66.0 Å². The van der Waals surface area contributed by atoms with Crippen molar-refractivity contribution < 1.29 is 9.13 Å². The third-order valence-electron chi connectivity index (χ3n) is 4.64. The van der Waals surface area contributed by atoms with E-state index in [1.807, 2.05) is 24.3 Å². The molecule has 2 unspecified atom stereocenters. The predicted octanol–water partition coefficient (Wildman–Crippen LogP) is 5.77. The van der Waals surface area contributed by atoms with Crippen molar-refractivity contribution in [2.75, 3.05) is 13.7 Å². The van der Waals surface area contributed by atoms with Crippen LogP contribution in [0, 0.1) is 5.82 Å². The normalized spacial score (nSPS) is 13.3. The highest BCUT2D eigenvalue weighted by molar-refractivity contribution is 7.10. The molecule has 136 valence electrons. The van der Waals surface area contributed by atoms with Crippen LogP contribution in [-0.2, 0) is 0 Å². The fourth-order valence-corrected chi connectivity index (χ4v) is 3.90. The highest BCUT2D eigenvalue weighted by Gasteiger charge is 2.15. The summed E-state index contributed by atoms with van der Waals surface area (Å²) in [5, 5.41) is 5.70. The third kappa shape index (κ3) is 4.71. The van der Waals surface area contributed by atoms with Gasteiger partial charge in [-0.15, -0.1) is 11.3 Å². The molecule has 1 N–H and O–H groups in total. The van der Waals surface area contributed by atoms with Gasteiger partial charge in [0.1, 0.15) is 11.6 Å². The second-order valence-corrected chi connectivity index (χ2v) is 7.34. The van der Waals surface area contributed by atoms with Gasteiger partial charge in [0.25, 0.3) is 0 Å². The molecule has 0 spiro atoms. The third-order valence-corrected chi connectivity index (χ3v) is 5.70. The summed E-state index contributed by atoms with van der Waals surface area (Å²) in [5.74, 6) is 0.854. The van der Waals surface area contributed by atoms with E-state index in [9.17, 15) is 4.39 Å². The van der Waals surface area contributed by atoms with Crippen LogP contribution in [0.25, 0.3) is 0 Å². The topological polar surface area (TPSA) is 21.3 Å². The zero-order chi connectivity index (χ0) is 18.4. The van der Waals surface area contributed by atoms with Gasteiger partial charge in [0.2, 0.25) is 0 Å². The predicted molar refractivity (Wildman–Crippen MR) is 107 cm³/mol. The number of thiophene rings is 1. The molecule has 3 rings (SSSR count). The Hall–Kier alpha value is -2.17. The van der Waals surface area contributed by atoms with Gasteiger partial charge in [-0.05, 0) is 66.7 Å². The molecule has 26 heavy (non-hydrogen) atoms. The molecule has 0 bridgehead atoms. The maximum atomic E-state index is 13.3. The number of benzene rings is 2. The van der Waals surface area contributed by atoms with Crippen LogP contribution in [0.1, 0.15) is 41.3 Å². The van der Waals surface area contributed by atoms with E-state index in [0.29, 0.717) is 6.04 Å². The van der Waals surface area contributed by atoms with Gasteiger partial charge in [0, 0.05) is 16.8 Å². The van der Waals surface area contributed by atoms with E-state index < -0.39 is 0 Å². The SMILES string of the molecule is COc1ccc(C(CCNC(C)c2cccs2)c2ccc(F)cc2)cc1. The standard InChI is InChI=1S/C22H24FNOS/c1-16(22-4-3-15-26-22)24-14-13-21(17-5-9-19(23)10-6-17)18-7-11-20(25-2)12-8-18/h3-12,15-16,21,24H,13-14H2,1-2H3. The second kappa shape index (κ2) is 8.97. The average Bonchev–Trinajstić information content (AvgIpc) is 3.21. The van der Waals surface area contributed by atoms with E-state index in [-0.39, 0.29) is 11.7 Å². The van der Waals surface area contributed by atoms with E-state index in [0.717, 1.165) is 24.3 Å². The highest BCUT2D eigenvalue weighted by Crippen LogP contribution is 2.29. The van der Waals surface area contributed by atoms with Crippen LogP contribution in [0.4, 0.5) is 4.39 Å². The van der Waals surface area contributed by atoms with Gasteiger partial charge in [-0.1, -0.05) is 30.3 Å². The Balaban J connectivity index is 1.73. The number of hydrogen-bond acceptors (Lipinski definition) is 3. The molecule has 0 saturated heterocycles. The molecule has 0 aliphatic heterocycles. The maximum absolute atomic E-state index is 13.3. The number of hydrogen-bond donors (Lipinski definition) is 1. The smallest absolute Gasteiger partial charge is 0.123 e. The molecule has 4 heteroatoms. The molecule has 0 aliphatic carbocycles. The first-order valence-corrected chi connectivity index (χ1v) is 9.71. The lowest BCUT2D eigenvalue weighted by Crippen LogP contribution is -2.21. The Labute approximate surface area is 158 Å². The molecule has 0 radical (unpaired) electrons. The van der Waals surface area contributed by atoms with Gasteiger partial charge in [-0.3, -0.25) is 0 Å². The first kappa shape index (κ1) is 18.6. The Morgan fingerprint density at radius 2 is 1.65 bits per heavy atom. The summed E-state index contributed by atoms with van der Waals surface area (Å²) >= 11 is 1.77. The van der Waals surface area contributed by atoms with Crippen LogP contribution in [0.2, 0.25) is 0 Å². The lowest BCUT2D eigenvalue weighted by molar-refractivity contribution is 0.414. The van der Waals surface area contributed by atoms with Crippen LogP contribution in [0.3, 0.4) is 0 Å². The molecular formula is C22H24FNOS. The van der Waals surface area contributed by atoms with Crippen molar-refractivity contribution in [1.29, 1.82) is 0 Å². The average molecular weight is 370 g/mol. The highest BCUT2D eigenvalue weighted by atomic mass is 32.1. The van der Waals surface area contributed by atoms with Crippen LogP contribution in [0.5, 0.6) is 5.75 Å². The molecule has 2 atom stereocenters. The van der Waals surface area contributed by atoms with Crippen molar-refractivity contribution in [3.8, 4) is 5.75 Å². The van der Waals surface area contributed by atoms with E-state index in [2.05, 4.69) is 41.9 Å². The summed E-state index contributed by atoms with van der Waals surface area (Å²) < 4.78 is 18.6. The maximum Gasteiger partial charge on any atom is 0.123 e. The first-order chi connectivity index (χ1) is 12.7. The van der Waals surface area contributed by atoms with Gasteiger partial charge in [0.15, 0.2) is 0 Å². The van der Waals surface area contributed by atoms with E-state index >= 15 is 0 Å². The van der Waals surface area contributed by atoms with E-state index in [4.69, 9.17) is 4.74 Å². The zero-order valence-corrected chi connectivity index (χ0v) is 15.9. The van der Waals surface area contributed by atoms with Crippen LogP contribution >= 0.6 is 11.3 Å². The molecule has 0 saturated carbocycles. The molecule has 0 fully saturated rings. The largest absolute Gasteiger partial charge is 0.497 e. The summed E-state index contributed by atoms with van der Waals surface area (Å²) in [6.45, 7) is 3.07. The molecule has 0 aliphatic rings. The summed E-state index contributed by atoms with van der Waals surface area (Å²) in [4.78, 5) is 1.34. The van der Waals surface area contributed by atoms with Gasteiger partial charge in [-0.2, -0.15) is 0 Å². The van der Waals surface area contributed by atoms with Crippen LogP contribution < -0.4 is 10.1 Å². The molecule has 1 heterocycles. The minimum Gasteiger partial charge on any atom is -0.497 e. The first-order valence-electron chi connectivity index (χ1n) is 8.83. The number of halogens is 1. The van der Waals surface area contributed by atoms with Gasteiger partial charge < -0.3 is 10.1 Å². The Morgan fingerprint density at radius 3 is 2.23 bits per heavy atom. The molecule has 2 aromatic carbocycles. The second-order valence-electron chi connectivity index (χ2n) is 6.36. The number of nitrogens with one attached hydrogen (secondary N) is 1. The Morgan fingerprint density at radius 1 is 1.00 bits per heavy atom. The lowest BCUT2D eigenvalue weighted by Gasteiger charge is -2.20. The van der Waals surface area contributed by atoms with E-state index in [1.54, 1.807) is 18.4 Å². The molecule has 0 amide bonds. The number of rotatable bonds is 8. The van der Waals surface area contributed by atoms with Crippen molar-refractivity contribution in [2.45, 2.75) is 25.3 Å². The quantitative estimate of drug-likeness (QED) is 0.544. The minimum atomic E-state index is -0.202. The molecule has 2 nitrogen and oxygen atoms in total. The summed E-state index contributed by atoms with van der Waals surface area (Å²) in [6, 6.07) is 19.5. The van der Waals surface area contributed by atoms with Crippen molar-refractivity contribution in [3.05, 3.63) is 87.9 Å². The minimum absolute atomic E-state index is 0.202. The Kier molecular flexibility index (Phi) is 6.42. The van der Waals surface area contributed by atoms with Gasteiger partial charge >= 0.3 is 0 Å². The van der Waals surface area contributed by atoms with Crippen molar-refractivity contribution in [1.82, 2.24) is 5.32 Å². The fourth-order valence-electron chi connectivity index (χ4n) is 3.14. The lowest BCUT2D eigenvalue weighted by atomic mass is 9.88. The fraction of sp³-hybridized carbons (Fsp3) is 0.273. The van der Waals surface area contributed by atoms with Crippen molar-refractivity contribution in [3.63, 3.8) is 0 Å². The van der Waals surface area contributed by atoms with Crippen LogP contribution in [-0.4, -0.2) is 13.7 Å². The van der Waals surface area contributed by atoms with Gasteiger partial charge in [-0.25, -0.2) is 4.39 Å². The summed E-state index contributed by atoms with van der Waals surface area (Å²) in [5.41, 5.74) is 2.34. The monoisotopic (exact) mass is 369 g/mol.